The molecular formula is C23H35N3O6S. The van der Waals surface area contributed by atoms with Crippen LogP contribution in [0.15, 0.2) is 42.5 Å². The van der Waals surface area contributed by atoms with Crippen molar-refractivity contribution in [1.82, 2.24) is 15.7 Å². The second-order valence-corrected chi connectivity index (χ2v) is 10.4. The smallest absolute Gasteiger partial charge is 0.256 e. The summed E-state index contributed by atoms with van der Waals surface area (Å²) < 4.78 is 28.6. The average Bonchev–Trinajstić information content (AvgIpc) is 2.79. The van der Waals surface area contributed by atoms with Crippen LogP contribution in [0.2, 0.25) is 0 Å². The molecule has 33 heavy (non-hydrogen) atoms. The van der Waals surface area contributed by atoms with E-state index in [1.54, 1.807) is 0 Å². The Morgan fingerprint density at radius 3 is 2.48 bits per heavy atom. The molecule has 1 saturated heterocycles. The molecule has 0 spiro atoms. The third kappa shape index (κ3) is 8.22. The first kappa shape index (κ1) is 27.0. The Morgan fingerprint density at radius 1 is 1.21 bits per heavy atom. The van der Waals surface area contributed by atoms with Gasteiger partial charge in [-0.2, -0.15) is 0 Å². The minimum absolute atomic E-state index is 0.533. The first-order chi connectivity index (χ1) is 15.6. The summed E-state index contributed by atoms with van der Waals surface area (Å²) in [5.74, 6) is -3.38. The van der Waals surface area contributed by atoms with Gasteiger partial charge in [-0.05, 0) is 30.2 Å². The van der Waals surface area contributed by atoms with Crippen LogP contribution in [0.5, 0.6) is 0 Å². The second-order valence-electron chi connectivity index (χ2n) is 8.67. The lowest BCUT2D eigenvalue weighted by atomic mass is 9.67. The van der Waals surface area contributed by atoms with Crippen LogP contribution in [-0.4, -0.2) is 39.4 Å². The summed E-state index contributed by atoms with van der Waals surface area (Å²) >= 11 is 0. The molecule has 0 radical (unpaired) electrons. The summed E-state index contributed by atoms with van der Waals surface area (Å²) in [6, 6.07) is 9.53. The van der Waals surface area contributed by atoms with E-state index in [1.165, 1.54) is 0 Å². The van der Waals surface area contributed by atoms with Crippen LogP contribution in [0, 0.1) is 11.8 Å². The molecule has 0 bridgehead atoms. The van der Waals surface area contributed by atoms with Crippen LogP contribution < -0.4 is 15.7 Å². The Kier molecular flexibility index (Phi) is 10.0. The number of sulfonamides is 1. The topological polar surface area (TPSA) is 123 Å². The highest BCUT2D eigenvalue weighted by Crippen LogP contribution is 2.38. The molecule has 0 aromatic heterocycles. The number of hydroxylamine groups is 1. The van der Waals surface area contributed by atoms with Crippen molar-refractivity contribution >= 4 is 21.8 Å². The molecule has 1 aromatic rings. The van der Waals surface area contributed by atoms with Crippen molar-refractivity contribution in [2.75, 3.05) is 12.9 Å². The van der Waals surface area contributed by atoms with Crippen LogP contribution in [0.3, 0.4) is 0 Å². The van der Waals surface area contributed by atoms with Crippen LogP contribution in [0.1, 0.15) is 52.0 Å². The molecule has 3 N–H and O–H groups in total. The number of rotatable bonds is 11. The highest BCUT2D eigenvalue weighted by Gasteiger charge is 2.43. The van der Waals surface area contributed by atoms with Gasteiger partial charge in [0.05, 0.1) is 6.26 Å². The van der Waals surface area contributed by atoms with Crippen LogP contribution in [-0.2, 0) is 34.6 Å². The zero-order valence-corrected chi connectivity index (χ0v) is 20.5. The molecule has 1 aliphatic heterocycles. The Bertz CT molecular complexity index is 911. The summed E-state index contributed by atoms with van der Waals surface area (Å²) in [6.45, 7) is 6.36. The molecule has 1 fully saturated rings. The Labute approximate surface area is 196 Å². The van der Waals surface area contributed by atoms with E-state index in [2.05, 4.69) is 10.9 Å². The molecule has 2 amide bonds. The molecule has 1 heterocycles. The van der Waals surface area contributed by atoms with E-state index in [-0.39, 0.29) is 0 Å². The number of carbonyl (C=O) groups excluding carboxylic acids is 2. The Morgan fingerprint density at radius 2 is 1.91 bits per heavy atom. The van der Waals surface area contributed by atoms with Crippen molar-refractivity contribution in [2.24, 2.45) is 11.8 Å². The van der Waals surface area contributed by atoms with Crippen molar-refractivity contribution in [3.05, 3.63) is 48.0 Å². The number of hydrazine groups is 1. The zero-order valence-electron chi connectivity index (χ0n) is 19.7. The summed E-state index contributed by atoms with van der Waals surface area (Å²) in [7, 11) is -3.72. The van der Waals surface area contributed by atoms with Crippen molar-refractivity contribution in [3.63, 3.8) is 0 Å². The number of amides is 2. The normalized spacial score (nSPS) is 19.1. The Hall–Kier alpha value is -2.27. The second kappa shape index (κ2) is 12.3. The van der Waals surface area contributed by atoms with Crippen molar-refractivity contribution in [3.8, 4) is 0 Å². The van der Waals surface area contributed by atoms with Gasteiger partial charge < -0.3 is 4.74 Å². The van der Waals surface area contributed by atoms with Gasteiger partial charge in [0.1, 0.15) is 5.92 Å². The first-order valence-corrected chi connectivity index (χ1v) is 13.0. The van der Waals surface area contributed by atoms with Gasteiger partial charge in [0, 0.05) is 18.9 Å². The van der Waals surface area contributed by atoms with E-state index >= 15 is 0 Å². The maximum Gasteiger partial charge on any atom is 0.256 e. The largest absolute Gasteiger partial charge is 0.350 e. The van der Waals surface area contributed by atoms with Crippen molar-refractivity contribution < 1.29 is 27.6 Å². The lowest BCUT2D eigenvalue weighted by molar-refractivity contribution is -0.203. The summed E-state index contributed by atoms with van der Waals surface area (Å²) in [6.07, 6.45) is 7.19. The number of ether oxygens (including phenoxy) is 1. The zero-order chi connectivity index (χ0) is 24.5. The molecule has 2 rings (SSSR count). The van der Waals surface area contributed by atoms with E-state index in [4.69, 9.17) is 9.57 Å². The predicted molar refractivity (Wildman–Crippen MR) is 125 cm³/mol. The fraction of sp³-hybridized carbons (Fsp3) is 0.565. The van der Waals surface area contributed by atoms with Crippen LogP contribution in [0.25, 0.3) is 0 Å². The van der Waals surface area contributed by atoms with Gasteiger partial charge in [-0.1, -0.05) is 63.3 Å². The quantitative estimate of drug-likeness (QED) is 0.253. The average molecular weight is 482 g/mol. The third-order valence-corrected chi connectivity index (χ3v) is 6.12. The van der Waals surface area contributed by atoms with Gasteiger partial charge in [0.2, 0.25) is 15.9 Å². The van der Waals surface area contributed by atoms with Gasteiger partial charge >= 0.3 is 0 Å². The maximum absolute atomic E-state index is 13.3. The number of allylic oxidation sites excluding steroid dienone is 2. The van der Waals surface area contributed by atoms with Gasteiger partial charge in [0.25, 0.3) is 5.91 Å². The predicted octanol–water partition coefficient (Wildman–Crippen LogP) is 2.32. The lowest BCUT2D eigenvalue weighted by Crippen LogP contribution is -2.53. The molecule has 3 unspecified atom stereocenters. The monoisotopic (exact) mass is 481 g/mol. The highest BCUT2D eigenvalue weighted by atomic mass is 32.2. The number of hydrogen-bond donors (Lipinski definition) is 3. The highest BCUT2D eigenvalue weighted by molar-refractivity contribution is 7.88. The molecule has 184 valence electrons. The van der Waals surface area contributed by atoms with E-state index in [0.29, 0.717) is 19.4 Å². The molecule has 10 heteroatoms. The fourth-order valence-corrected chi connectivity index (χ4v) is 4.05. The van der Waals surface area contributed by atoms with Gasteiger partial charge in [-0.15, -0.1) is 4.83 Å². The van der Waals surface area contributed by atoms with Gasteiger partial charge in [0.15, 0.2) is 6.29 Å². The minimum atomic E-state index is -3.72. The van der Waals surface area contributed by atoms with Crippen LogP contribution in [0.4, 0.5) is 0 Å². The van der Waals surface area contributed by atoms with Gasteiger partial charge in [-0.25, -0.2) is 18.7 Å². The first-order valence-electron chi connectivity index (χ1n) is 11.1. The summed E-state index contributed by atoms with van der Waals surface area (Å²) in [5.41, 5.74) is 4.81. The van der Waals surface area contributed by atoms with Crippen LogP contribution >= 0.6 is 0 Å². The van der Waals surface area contributed by atoms with E-state index < -0.39 is 45.4 Å². The SMILES string of the molecule is CCC=CC(C(C(=O)NNS(C)(=O)=O)C(=O)NOC1CCCCO1)C(C)(C)c1ccccc1. The van der Waals surface area contributed by atoms with E-state index in [9.17, 15) is 18.0 Å². The number of nitrogens with one attached hydrogen (secondary N) is 3. The number of hydrogen-bond acceptors (Lipinski definition) is 6. The maximum atomic E-state index is 13.3. The minimum Gasteiger partial charge on any atom is -0.350 e. The molecule has 9 nitrogen and oxygen atoms in total. The summed E-state index contributed by atoms with van der Waals surface area (Å²) in [5, 5.41) is 0. The molecule has 1 aliphatic rings. The molecule has 0 saturated carbocycles. The van der Waals surface area contributed by atoms with E-state index in [1.807, 2.05) is 68.1 Å². The Balaban J connectivity index is 2.37. The van der Waals surface area contributed by atoms with Crippen molar-refractivity contribution in [1.29, 1.82) is 0 Å². The molecular weight excluding hydrogens is 446 g/mol. The lowest BCUT2D eigenvalue weighted by Gasteiger charge is -2.37. The molecule has 1 aromatic carbocycles. The fourth-order valence-electron chi connectivity index (χ4n) is 3.77. The van der Waals surface area contributed by atoms with E-state index in [0.717, 1.165) is 24.7 Å². The van der Waals surface area contributed by atoms with Gasteiger partial charge in [-0.3, -0.25) is 15.0 Å². The van der Waals surface area contributed by atoms with Crippen molar-refractivity contribution in [2.45, 2.75) is 58.2 Å². The molecule has 3 atom stereocenters. The standard InChI is InChI=1S/C23H35N3O6S/c1-5-6-14-18(23(2,3)17-12-8-7-9-13-17)20(21(27)24-26-33(4,29)30)22(28)25-32-19-15-10-11-16-31-19/h6-9,12-14,18-20,26H,5,10-11,15-16H2,1-4H3,(H,24,27)(H,25,28). The summed E-state index contributed by atoms with van der Waals surface area (Å²) in [4.78, 5) is 33.8. The number of carbonyl (C=O) groups is 2. The molecule has 0 aliphatic carbocycles. The number of benzene rings is 1. The third-order valence-electron chi connectivity index (χ3n) is 5.64.